The lowest BCUT2D eigenvalue weighted by molar-refractivity contribution is -0.118. The normalized spacial score (nSPS) is 11.3. The zero-order chi connectivity index (χ0) is 24.6. The molecular weight excluding hydrogens is 452 g/mol. The van der Waals surface area contributed by atoms with Gasteiger partial charge < -0.3 is 14.8 Å². The molecule has 3 aromatic carbocycles. The van der Waals surface area contributed by atoms with Crippen molar-refractivity contribution in [3.8, 4) is 22.6 Å². The zero-order valence-electron chi connectivity index (χ0n) is 19.7. The summed E-state index contributed by atoms with van der Waals surface area (Å²) in [6, 6.07) is 21.7. The molecule has 3 aromatic rings. The van der Waals surface area contributed by atoms with Crippen LogP contribution in [0.4, 0.5) is 5.69 Å². The fraction of sp³-hybridized carbons (Fsp3) is 0.269. The number of rotatable bonds is 11. The SMILES string of the molecule is CCOc1ccc(S(=O)(=O)N(CC)CC)cc1NC(=O)COc1ccccc1-c1ccccc1. The third-order valence-electron chi connectivity index (χ3n) is 5.20. The molecule has 7 nitrogen and oxygen atoms in total. The van der Waals surface area contributed by atoms with Gasteiger partial charge in [-0.2, -0.15) is 4.31 Å². The van der Waals surface area contributed by atoms with Crippen LogP contribution in [-0.4, -0.2) is 44.9 Å². The van der Waals surface area contributed by atoms with Crippen LogP contribution in [0.2, 0.25) is 0 Å². The maximum atomic E-state index is 12.9. The minimum atomic E-state index is -3.69. The van der Waals surface area contributed by atoms with Gasteiger partial charge in [-0.3, -0.25) is 4.79 Å². The highest BCUT2D eigenvalue weighted by Crippen LogP contribution is 2.31. The van der Waals surface area contributed by atoms with Gasteiger partial charge in [-0.15, -0.1) is 0 Å². The minimum absolute atomic E-state index is 0.0882. The maximum absolute atomic E-state index is 12.9. The fourth-order valence-electron chi connectivity index (χ4n) is 3.54. The molecular formula is C26H30N2O5S. The van der Waals surface area contributed by atoms with Crippen molar-refractivity contribution < 1.29 is 22.7 Å². The Balaban J connectivity index is 1.80. The van der Waals surface area contributed by atoms with Crippen molar-refractivity contribution in [3.63, 3.8) is 0 Å². The van der Waals surface area contributed by atoms with E-state index in [0.29, 0.717) is 31.2 Å². The average molecular weight is 483 g/mol. The van der Waals surface area contributed by atoms with Gasteiger partial charge in [0, 0.05) is 18.7 Å². The number of ether oxygens (including phenoxy) is 2. The van der Waals surface area contributed by atoms with Crippen LogP contribution in [0.15, 0.2) is 77.7 Å². The number of nitrogens with one attached hydrogen (secondary N) is 1. The molecule has 0 saturated carbocycles. The zero-order valence-corrected chi connectivity index (χ0v) is 20.5. The van der Waals surface area contributed by atoms with E-state index in [1.165, 1.54) is 16.4 Å². The summed E-state index contributed by atoms with van der Waals surface area (Å²) in [7, 11) is -3.69. The van der Waals surface area contributed by atoms with Crippen molar-refractivity contribution in [3.05, 3.63) is 72.8 Å². The van der Waals surface area contributed by atoms with Crippen molar-refractivity contribution in [2.75, 3.05) is 31.6 Å². The van der Waals surface area contributed by atoms with Crippen molar-refractivity contribution >= 4 is 21.6 Å². The van der Waals surface area contributed by atoms with Crippen molar-refractivity contribution in [2.24, 2.45) is 0 Å². The van der Waals surface area contributed by atoms with Gasteiger partial charge in [-0.1, -0.05) is 62.4 Å². The first-order chi connectivity index (χ1) is 16.4. The van der Waals surface area contributed by atoms with Crippen molar-refractivity contribution in [2.45, 2.75) is 25.7 Å². The predicted octanol–water partition coefficient (Wildman–Crippen LogP) is 4.80. The Hall–Kier alpha value is -3.36. The van der Waals surface area contributed by atoms with E-state index in [9.17, 15) is 13.2 Å². The lowest BCUT2D eigenvalue weighted by Crippen LogP contribution is -2.30. The second-order valence-corrected chi connectivity index (χ2v) is 9.32. The number of carbonyl (C=O) groups is 1. The number of anilines is 1. The van der Waals surface area contributed by atoms with Crippen LogP contribution in [0, 0.1) is 0 Å². The number of benzene rings is 3. The maximum Gasteiger partial charge on any atom is 0.262 e. The van der Waals surface area contributed by atoms with Gasteiger partial charge in [0.2, 0.25) is 10.0 Å². The summed E-state index contributed by atoms with van der Waals surface area (Å²) >= 11 is 0. The molecule has 0 aliphatic carbocycles. The van der Waals surface area contributed by atoms with Crippen LogP contribution < -0.4 is 14.8 Å². The number of carbonyl (C=O) groups excluding carboxylic acids is 1. The molecule has 0 fully saturated rings. The summed E-state index contributed by atoms with van der Waals surface area (Å²) in [6.07, 6.45) is 0. The van der Waals surface area contributed by atoms with E-state index in [4.69, 9.17) is 9.47 Å². The molecule has 0 aromatic heterocycles. The highest BCUT2D eigenvalue weighted by Gasteiger charge is 2.23. The smallest absolute Gasteiger partial charge is 0.262 e. The fourth-order valence-corrected chi connectivity index (χ4v) is 5.02. The molecule has 0 atom stereocenters. The standard InChI is InChI=1S/C26H30N2O5S/c1-4-28(5-2)34(30,31)21-16-17-25(32-6-3)23(18-21)27-26(29)19-33-24-15-11-10-14-22(24)20-12-8-7-9-13-20/h7-18H,4-6,19H2,1-3H3,(H,27,29). The summed E-state index contributed by atoms with van der Waals surface area (Å²) in [6.45, 7) is 6.20. The predicted molar refractivity (Wildman–Crippen MR) is 134 cm³/mol. The molecule has 8 heteroatoms. The number of para-hydroxylation sites is 1. The largest absolute Gasteiger partial charge is 0.492 e. The van der Waals surface area contributed by atoms with Crippen molar-refractivity contribution in [1.82, 2.24) is 4.31 Å². The van der Waals surface area contributed by atoms with Crippen LogP contribution in [0.25, 0.3) is 11.1 Å². The molecule has 0 saturated heterocycles. The monoisotopic (exact) mass is 482 g/mol. The second-order valence-electron chi connectivity index (χ2n) is 7.38. The molecule has 180 valence electrons. The van der Waals surface area contributed by atoms with E-state index in [1.54, 1.807) is 26.0 Å². The third-order valence-corrected chi connectivity index (χ3v) is 7.24. The summed E-state index contributed by atoms with van der Waals surface area (Å²) in [5.41, 5.74) is 2.13. The van der Waals surface area contributed by atoms with Gasteiger partial charge in [0.05, 0.1) is 17.2 Å². The average Bonchev–Trinajstić information content (AvgIpc) is 2.85. The Morgan fingerprint density at radius 1 is 0.853 bits per heavy atom. The molecule has 0 aliphatic heterocycles. The van der Waals surface area contributed by atoms with Gasteiger partial charge in [-0.25, -0.2) is 8.42 Å². The molecule has 0 unspecified atom stereocenters. The Morgan fingerprint density at radius 3 is 2.21 bits per heavy atom. The molecule has 0 heterocycles. The molecule has 0 bridgehead atoms. The first-order valence-electron chi connectivity index (χ1n) is 11.2. The van der Waals surface area contributed by atoms with Crippen LogP contribution in [0.1, 0.15) is 20.8 Å². The second kappa shape index (κ2) is 11.7. The van der Waals surface area contributed by atoms with Gasteiger partial charge in [0.1, 0.15) is 11.5 Å². The van der Waals surface area contributed by atoms with E-state index in [1.807, 2.05) is 55.5 Å². The van der Waals surface area contributed by atoms with Gasteiger partial charge in [-0.05, 0) is 36.8 Å². The highest BCUT2D eigenvalue weighted by molar-refractivity contribution is 7.89. The molecule has 1 amide bonds. The van der Waals surface area contributed by atoms with Crippen LogP contribution in [-0.2, 0) is 14.8 Å². The minimum Gasteiger partial charge on any atom is -0.492 e. The molecule has 0 spiro atoms. The molecule has 3 rings (SSSR count). The molecule has 0 aliphatic rings. The molecule has 1 N–H and O–H groups in total. The Kier molecular flexibility index (Phi) is 8.67. The van der Waals surface area contributed by atoms with Gasteiger partial charge in [0.25, 0.3) is 5.91 Å². The number of hydrogen-bond donors (Lipinski definition) is 1. The quantitative estimate of drug-likeness (QED) is 0.424. The summed E-state index contributed by atoms with van der Waals surface area (Å²) in [5.74, 6) is 0.534. The number of nitrogens with zero attached hydrogens (tertiary/aromatic N) is 1. The lowest BCUT2D eigenvalue weighted by atomic mass is 10.1. The number of sulfonamides is 1. The van der Waals surface area contributed by atoms with Crippen LogP contribution >= 0.6 is 0 Å². The van der Waals surface area contributed by atoms with E-state index in [-0.39, 0.29) is 17.2 Å². The number of amides is 1. The lowest BCUT2D eigenvalue weighted by Gasteiger charge is -2.20. The van der Waals surface area contributed by atoms with E-state index < -0.39 is 15.9 Å². The first-order valence-corrected chi connectivity index (χ1v) is 12.7. The van der Waals surface area contributed by atoms with E-state index >= 15 is 0 Å². The summed E-state index contributed by atoms with van der Waals surface area (Å²) in [5, 5.41) is 2.74. The molecule has 34 heavy (non-hydrogen) atoms. The summed E-state index contributed by atoms with van der Waals surface area (Å²) in [4.78, 5) is 12.8. The van der Waals surface area contributed by atoms with Crippen LogP contribution in [0.3, 0.4) is 0 Å². The third kappa shape index (κ3) is 5.95. The molecule has 0 radical (unpaired) electrons. The van der Waals surface area contributed by atoms with E-state index in [0.717, 1.165) is 11.1 Å². The van der Waals surface area contributed by atoms with Gasteiger partial charge >= 0.3 is 0 Å². The topological polar surface area (TPSA) is 84.9 Å². The number of hydrogen-bond acceptors (Lipinski definition) is 5. The Bertz CT molecular complexity index is 1210. The van der Waals surface area contributed by atoms with Crippen molar-refractivity contribution in [1.29, 1.82) is 0 Å². The summed E-state index contributed by atoms with van der Waals surface area (Å²) < 4.78 is 38.6. The highest BCUT2D eigenvalue weighted by atomic mass is 32.2. The van der Waals surface area contributed by atoms with Crippen LogP contribution in [0.5, 0.6) is 11.5 Å². The Morgan fingerprint density at radius 2 is 1.53 bits per heavy atom. The van der Waals surface area contributed by atoms with E-state index in [2.05, 4.69) is 5.32 Å². The van der Waals surface area contributed by atoms with Gasteiger partial charge in [0.15, 0.2) is 6.61 Å². The first kappa shape index (κ1) is 25.3. The Labute approximate surface area is 201 Å².